The third-order valence-corrected chi connectivity index (χ3v) is 4.55. The van der Waals surface area contributed by atoms with Crippen molar-refractivity contribution in [1.29, 1.82) is 0 Å². The number of rotatable bonds is 15. The van der Waals surface area contributed by atoms with Crippen molar-refractivity contribution in [3.8, 4) is 0 Å². The lowest BCUT2D eigenvalue weighted by molar-refractivity contribution is -0.116. The van der Waals surface area contributed by atoms with Crippen molar-refractivity contribution in [2.75, 3.05) is 11.9 Å². The lowest BCUT2D eigenvalue weighted by Crippen LogP contribution is -2.13. The minimum Gasteiger partial charge on any atom is -0.462 e. The topological polar surface area (TPSA) is 68.3 Å². The molecule has 0 bridgehead atoms. The first-order chi connectivity index (χ1) is 13.2. The molecule has 0 saturated heterocycles. The fourth-order valence-electron chi connectivity index (χ4n) is 2.96. The zero-order valence-electron chi connectivity index (χ0n) is 17.1. The predicted octanol–water partition coefficient (Wildman–Crippen LogP) is 5.90. The molecule has 0 aliphatic heterocycles. The van der Waals surface area contributed by atoms with Crippen LogP contribution in [0.15, 0.2) is 18.3 Å². The molecule has 5 heteroatoms. The van der Waals surface area contributed by atoms with Gasteiger partial charge in [-0.2, -0.15) is 0 Å². The molecule has 0 aliphatic rings. The number of amides is 1. The number of carbonyl (C=O) groups is 2. The second-order valence-corrected chi connectivity index (χ2v) is 6.99. The van der Waals surface area contributed by atoms with E-state index in [1.54, 1.807) is 19.1 Å². The summed E-state index contributed by atoms with van der Waals surface area (Å²) in [6, 6.07) is 3.24. The van der Waals surface area contributed by atoms with E-state index in [-0.39, 0.29) is 5.91 Å². The molecule has 5 nitrogen and oxygen atoms in total. The first-order valence-corrected chi connectivity index (χ1v) is 10.6. The number of nitrogens with zero attached hydrogens (tertiary/aromatic N) is 1. The van der Waals surface area contributed by atoms with Gasteiger partial charge in [0.15, 0.2) is 0 Å². The van der Waals surface area contributed by atoms with Crippen LogP contribution < -0.4 is 5.32 Å². The Kier molecular flexibility index (Phi) is 13.0. The molecule has 1 heterocycles. The molecule has 0 radical (unpaired) electrons. The van der Waals surface area contributed by atoms with Crippen LogP contribution in [-0.2, 0) is 9.53 Å². The molecule has 1 aromatic rings. The Labute approximate surface area is 164 Å². The number of esters is 1. The second-order valence-electron chi connectivity index (χ2n) is 6.99. The Morgan fingerprint density at radius 2 is 1.48 bits per heavy atom. The van der Waals surface area contributed by atoms with Crippen molar-refractivity contribution >= 4 is 17.7 Å². The molecule has 0 spiro atoms. The number of anilines is 1. The van der Waals surface area contributed by atoms with E-state index in [4.69, 9.17) is 4.74 Å². The molecule has 0 fully saturated rings. The van der Waals surface area contributed by atoms with E-state index in [2.05, 4.69) is 17.2 Å². The number of pyridine rings is 1. The summed E-state index contributed by atoms with van der Waals surface area (Å²) < 4.78 is 4.90. The van der Waals surface area contributed by atoms with E-state index in [0.29, 0.717) is 24.4 Å². The van der Waals surface area contributed by atoms with E-state index < -0.39 is 5.97 Å². The van der Waals surface area contributed by atoms with Crippen molar-refractivity contribution in [3.63, 3.8) is 0 Å². The normalized spacial score (nSPS) is 10.6. The summed E-state index contributed by atoms with van der Waals surface area (Å²) in [4.78, 5) is 27.6. The quantitative estimate of drug-likeness (QED) is 0.306. The molecule has 0 aliphatic carbocycles. The summed E-state index contributed by atoms with van der Waals surface area (Å²) >= 11 is 0. The van der Waals surface area contributed by atoms with E-state index in [0.717, 1.165) is 12.8 Å². The summed E-state index contributed by atoms with van der Waals surface area (Å²) in [5.41, 5.74) is 0.389. The van der Waals surface area contributed by atoms with Crippen molar-refractivity contribution in [2.45, 2.75) is 90.9 Å². The predicted molar refractivity (Wildman–Crippen MR) is 110 cm³/mol. The van der Waals surface area contributed by atoms with Crippen LogP contribution in [0.3, 0.4) is 0 Å². The molecule has 0 aromatic carbocycles. The highest BCUT2D eigenvalue weighted by Gasteiger charge is 2.08. The van der Waals surface area contributed by atoms with Crippen LogP contribution in [0.25, 0.3) is 0 Å². The van der Waals surface area contributed by atoms with Crippen molar-refractivity contribution in [1.82, 2.24) is 4.98 Å². The van der Waals surface area contributed by atoms with Gasteiger partial charge in [-0.05, 0) is 25.5 Å². The van der Waals surface area contributed by atoms with Crippen molar-refractivity contribution in [2.24, 2.45) is 0 Å². The van der Waals surface area contributed by atoms with Gasteiger partial charge in [0, 0.05) is 12.6 Å². The van der Waals surface area contributed by atoms with Crippen molar-refractivity contribution in [3.05, 3.63) is 23.9 Å². The summed E-state index contributed by atoms with van der Waals surface area (Å²) in [6.07, 6.45) is 15.9. The van der Waals surface area contributed by atoms with Crippen LogP contribution in [-0.4, -0.2) is 23.5 Å². The smallest absolute Gasteiger partial charge is 0.339 e. The maximum absolute atomic E-state index is 12.0. The molecular formula is C22H36N2O3. The molecule has 1 rings (SSSR count). The third-order valence-electron chi connectivity index (χ3n) is 4.55. The van der Waals surface area contributed by atoms with Gasteiger partial charge < -0.3 is 10.1 Å². The lowest BCUT2D eigenvalue weighted by Gasteiger charge is -2.06. The van der Waals surface area contributed by atoms with Crippen LogP contribution >= 0.6 is 0 Å². The van der Waals surface area contributed by atoms with Crippen molar-refractivity contribution < 1.29 is 14.3 Å². The molecule has 0 atom stereocenters. The minimum absolute atomic E-state index is 0.0256. The SMILES string of the molecule is CCCCCCCCCCCCCC(=O)Nc1ccc(C(=O)OCC)cn1. The first kappa shape index (κ1) is 23.1. The summed E-state index contributed by atoms with van der Waals surface area (Å²) in [5, 5.41) is 2.77. The van der Waals surface area contributed by atoms with Crippen LogP contribution in [0.1, 0.15) is 101 Å². The fraction of sp³-hybridized carbons (Fsp3) is 0.682. The molecule has 152 valence electrons. The number of ether oxygens (including phenoxy) is 1. The van der Waals surface area contributed by atoms with Crippen LogP contribution in [0, 0.1) is 0 Å². The average Bonchev–Trinajstić information content (AvgIpc) is 2.67. The highest BCUT2D eigenvalue weighted by Crippen LogP contribution is 2.12. The van der Waals surface area contributed by atoms with Gasteiger partial charge in [-0.1, -0.05) is 71.1 Å². The average molecular weight is 377 g/mol. The summed E-state index contributed by atoms with van der Waals surface area (Å²) in [6.45, 7) is 4.34. The zero-order valence-corrected chi connectivity index (χ0v) is 17.1. The largest absolute Gasteiger partial charge is 0.462 e. The molecule has 27 heavy (non-hydrogen) atoms. The van der Waals surface area contributed by atoms with Gasteiger partial charge in [0.25, 0.3) is 0 Å². The van der Waals surface area contributed by atoms with Gasteiger partial charge >= 0.3 is 5.97 Å². The number of aromatic nitrogens is 1. The van der Waals surface area contributed by atoms with Gasteiger partial charge in [0.2, 0.25) is 5.91 Å². The molecule has 1 aromatic heterocycles. The van der Waals surface area contributed by atoms with E-state index in [1.807, 2.05) is 0 Å². The second kappa shape index (κ2) is 15.2. The summed E-state index contributed by atoms with van der Waals surface area (Å²) in [5.74, 6) is 0.0438. The summed E-state index contributed by atoms with van der Waals surface area (Å²) in [7, 11) is 0. The highest BCUT2D eigenvalue weighted by molar-refractivity contribution is 5.91. The zero-order chi connectivity index (χ0) is 19.7. The highest BCUT2D eigenvalue weighted by atomic mass is 16.5. The van der Waals surface area contributed by atoms with Gasteiger partial charge in [-0.3, -0.25) is 4.79 Å². The number of hydrogen-bond acceptors (Lipinski definition) is 4. The monoisotopic (exact) mass is 376 g/mol. The maximum atomic E-state index is 12.0. The van der Waals surface area contributed by atoms with Gasteiger partial charge in [-0.15, -0.1) is 0 Å². The van der Waals surface area contributed by atoms with Gasteiger partial charge in [-0.25, -0.2) is 9.78 Å². The Bertz CT molecular complexity index is 529. The van der Waals surface area contributed by atoms with Gasteiger partial charge in [0.1, 0.15) is 5.82 Å². The number of carbonyl (C=O) groups excluding carboxylic acids is 2. The van der Waals surface area contributed by atoms with Crippen LogP contribution in [0.2, 0.25) is 0 Å². The van der Waals surface area contributed by atoms with E-state index in [9.17, 15) is 9.59 Å². The molecular weight excluding hydrogens is 340 g/mol. The number of unbranched alkanes of at least 4 members (excludes halogenated alkanes) is 10. The molecule has 1 N–H and O–H groups in total. The minimum atomic E-state index is -0.399. The molecule has 0 saturated carbocycles. The fourth-order valence-corrected chi connectivity index (χ4v) is 2.96. The Hall–Kier alpha value is -1.91. The Balaban J connectivity index is 2.05. The first-order valence-electron chi connectivity index (χ1n) is 10.6. The molecule has 0 unspecified atom stereocenters. The third kappa shape index (κ3) is 11.4. The van der Waals surface area contributed by atoms with Crippen LogP contribution in [0.4, 0.5) is 5.82 Å². The number of nitrogens with one attached hydrogen (secondary N) is 1. The van der Waals surface area contributed by atoms with E-state index >= 15 is 0 Å². The van der Waals surface area contributed by atoms with Crippen LogP contribution in [0.5, 0.6) is 0 Å². The maximum Gasteiger partial charge on any atom is 0.339 e. The molecule has 1 amide bonds. The van der Waals surface area contributed by atoms with Gasteiger partial charge in [0.05, 0.1) is 12.2 Å². The Morgan fingerprint density at radius 3 is 2.00 bits per heavy atom. The van der Waals surface area contributed by atoms with E-state index in [1.165, 1.54) is 64.0 Å². The Morgan fingerprint density at radius 1 is 0.889 bits per heavy atom. The lowest BCUT2D eigenvalue weighted by atomic mass is 10.1. The number of hydrogen-bond donors (Lipinski definition) is 1. The standard InChI is InChI=1S/C22H36N2O3/c1-3-5-6-7-8-9-10-11-12-13-14-15-21(25)24-20-17-16-19(18-23-20)22(26)27-4-2/h16-18H,3-15H2,1-2H3,(H,23,24,25).